The van der Waals surface area contributed by atoms with Crippen LogP contribution in [0.25, 0.3) is 11.8 Å². The van der Waals surface area contributed by atoms with Crippen LogP contribution < -0.4 is 9.47 Å². The van der Waals surface area contributed by atoms with Gasteiger partial charge in [-0.25, -0.2) is 0 Å². The predicted molar refractivity (Wildman–Crippen MR) is 150 cm³/mol. The molecule has 1 amide bonds. The number of amides is 1. The maximum atomic E-state index is 12.9. The van der Waals surface area contributed by atoms with Gasteiger partial charge in [-0.1, -0.05) is 77.4 Å². The van der Waals surface area contributed by atoms with Crippen molar-refractivity contribution in [2.24, 2.45) is 4.99 Å². The van der Waals surface area contributed by atoms with Crippen molar-refractivity contribution < 1.29 is 14.3 Å². The number of carbonyl (C=O) groups excluding carboxylic acids is 1. The first-order valence-electron chi connectivity index (χ1n) is 11.4. The van der Waals surface area contributed by atoms with Crippen molar-refractivity contribution in [1.82, 2.24) is 4.90 Å². The SMILES string of the molecule is CCOc1cc(/C=C2/C(=N)N3C(c4ccccc4)=CSC3=NC2=O)ccc1OCc1c(Cl)cccc1Cl. The summed E-state index contributed by atoms with van der Waals surface area (Å²) in [6, 6.07) is 20.3. The summed E-state index contributed by atoms with van der Waals surface area (Å²) in [5.41, 5.74) is 3.30. The van der Waals surface area contributed by atoms with Crippen LogP contribution in [0.1, 0.15) is 23.6 Å². The Bertz CT molecular complexity index is 1460. The van der Waals surface area contributed by atoms with E-state index in [1.807, 2.05) is 42.7 Å². The van der Waals surface area contributed by atoms with Crippen LogP contribution in [-0.2, 0) is 11.4 Å². The predicted octanol–water partition coefficient (Wildman–Crippen LogP) is 7.28. The number of thioether (sulfide) groups is 1. The lowest BCUT2D eigenvalue weighted by Gasteiger charge is -2.27. The lowest BCUT2D eigenvalue weighted by molar-refractivity contribution is -0.114. The molecular weight excluding hydrogens is 529 g/mol. The number of nitrogens with zero attached hydrogens (tertiary/aromatic N) is 2. The van der Waals surface area contributed by atoms with Crippen LogP contribution in [0.15, 0.2) is 82.7 Å². The van der Waals surface area contributed by atoms with E-state index in [4.69, 9.17) is 38.1 Å². The van der Waals surface area contributed by atoms with Crippen LogP contribution in [0.4, 0.5) is 0 Å². The van der Waals surface area contributed by atoms with Crippen LogP contribution >= 0.6 is 35.0 Å². The van der Waals surface area contributed by atoms with Crippen molar-refractivity contribution in [2.45, 2.75) is 13.5 Å². The Labute approximate surface area is 228 Å². The van der Waals surface area contributed by atoms with Gasteiger partial charge in [0, 0.05) is 21.0 Å². The smallest absolute Gasteiger partial charge is 0.283 e. The summed E-state index contributed by atoms with van der Waals surface area (Å²) in [4.78, 5) is 18.8. The van der Waals surface area contributed by atoms with Crippen LogP contribution in [0, 0.1) is 5.41 Å². The molecule has 0 spiro atoms. The molecule has 9 heteroatoms. The number of halogens is 2. The zero-order valence-electron chi connectivity index (χ0n) is 19.7. The molecule has 5 rings (SSSR count). The minimum Gasteiger partial charge on any atom is -0.490 e. The second-order valence-electron chi connectivity index (χ2n) is 8.06. The van der Waals surface area contributed by atoms with Crippen LogP contribution in [-0.4, -0.2) is 28.4 Å². The molecule has 37 heavy (non-hydrogen) atoms. The van der Waals surface area contributed by atoms with Gasteiger partial charge in [0.15, 0.2) is 16.7 Å². The molecule has 2 aliphatic heterocycles. The van der Waals surface area contributed by atoms with E-state index >= 15 is 0 Å². The van der Waals surface area contributed by atoms with Gasteiger partial charge in [-0.3, -0.25) is 15.1 Å². The molecule has 0 aromatic heterocycles. The van der Waals surface area contributed by atoms with E-state index in [0.717, 1.165) is 11.3 Å². The fraction of sp³-hybridized carbons (Fsp3) is 0.107. The molecule has 0 atom stereocenters. The average Bonchev–Trinajstić information content (AvgIpc) is 3.32. The lowest BCUT2D eigenvalue weighted by atomic mass is 10.1. The molecule has 0 unspecified atom stereocenters. The Morgan fingerprint density at radius 2 is 1.76 bits per heavy atom. The third-order valence-corrected chi connectivity index (χ3v) is 7.23. The van der Waals surface area contributed by atoms with Crippen molar-refractivity contribution in [2.75, 3.05) is 6.61 Å². The van der Waals surface area contributed by atoms with Gasteiger partial charge < -0.3 is 9.47 Å². The molecule has 3 aromatic carbocycles. The Morgan fingerprint density at radius 3 is 2.49 bits per heavy atom. The van der Waals surface area contributed by atoms with Gasteiger partial charge in [0.2, 0.25) is 0 Å². The fourth-order valence-electron chi connectivity index (χ4n) is 3.90. The lowest BCUT2D eigenvalue weighted by Crippen LogP contribution is -2.38. The normalized spacial score (nSPS) is 16.0. The van der Waals surface area contributed by atoms with Crippen LogP contribution in [0.2, 0.25) is 10.0 Å². The second kappa shape index (κ2) is 10.8. The van der Waals surface area contributed by atoms with E-state index in [9.17, 15) is 4.79 Å². The van der Waals surface area contributed by atoms with E-state index < -0.39 is 5.91 Å². The van der Waals surface area contributed by atoms with Gasteiger partial charge in [0.25, 0.3) is 5.91 Å². The summed E-state index contributed by atoms with van der Waals surface area (Å²) in [6.45, 7) is 2.46. The summed E-state index contributed by atoms with van der Waals surface area (Å²) in [5, 5.41) is 12.3. The van der Waals surface area contributed by atoms with E-state index in [0.29, 0.717) is 44.4 Å². The highest BCUT2D eigenvalue weighted by molar-refractivity contribution is 8.17. The number of hydrogen-bond donors (Lipinski definition) is 1. The molecule has 2 heterocycles. The van der Waals surface area contributed by atoms with E-state index in [-0.39, 0.29) is 18.0 Å². The summed E-state index contributed by atoms with van der Waals surface area (Å²) >= 11 is 13.9. The van der Waals surface area contributed by atoms with Gasteiger partial charge in [0.1, 0.15) is 12.4 Å². The van der Waals surface area contributed by atoms with Crippen molar-refractivity contribution in [3.8, 4) is 11.5 Å². The first-order chi connectivity index (χ1) is 18.0. The van der Waals surface area contributed by atoms with Crippen LogP contribution in [0.3, 0.4) is 0 Å². The molecule has 0 fully saturated rings. The zero-order valence-corrected chi connectivity index (χ0v) is 22.0. The number of aliphatic imine (C=N–C) groups is 1. The Balaban J connectivity index is 1.42. The monoisotopic (exact) mass is 549 g/mol. The molecule has 3 aromatic rings. The highest BCUT2D eigenvalue weighted by atomic mass is 35.5. The Hall–Kier alpha value is -3.52. The van der Waals surface area contributed by atoms with Gasteiger partial charge in [-0.05, 0) is 48.4 Å². The first kappa shape index (κ1) is 25.1. The number of benzene rings is 3. The zero-order chi connectivity index (χ0) is 25.9. The maximum Gasteiger partial charge on any atom is 0.283 e. The number of nitrogens with one attached hydrogen (secondary N) is 1. The van der Waals surface area contributed by atoms with Gasteiger partial charge >= 0.3 is 0 Å². The average molecular weight is 550 g/mol. The molecule has 6 nitrogen and oxygen atoms in total. The van der Waals surface area contributed by atoms with Gasteiger partial charge in [-0.15, -0.1) is 0 Å². The topological polar surface area (TPSA) is 75.0 Å². The van der Waals surface area contributed by atoms with Crippen molar-refractivity contribution in [3.05, 3.63) is 104 Å². The molecule has 2 aliphatic rings. The molecule has 0 aliphatic carbocycles. The Morgan fingerprint density at radius 1 is 1.00 bits per heavy atom. The first-order valence-corrected chi connectivity index (χ1v) is 13.1. The van der Waals surface area contributed by atoms with Crippen molar-refractivity contribution in [3.63, 3.8) is 0 Å². The molecule has 0 bridgehead atoms. The molecule has 186 valence electrons. The summed E-state index contributed by atoms with van der Waals surface area (Å²) in [5.74, 6) is 0.621. The molecule has 0 radical (unpaired) electrons. The summed E-state index contributed by atoms with van der Waals surface area (Å²) < 4.78 is 11.8. The fourth-order valence-corrected chi connectivity index (χ4v) is 5.30. The number of ether oxygens (including phenoxy) is 2. The van der Waals surface area contributed by atoms with Crippen molar-refractivity contribution >= 4 is 63.6 Å². The van der Waals surface area contributed by atoms with Gasteiger partial charge in [0.05, 0.1) is 17.9 Å². The molecule has 0 saturated heterocycles. The van der Waals surface area contributed by atoms with E-state index in [1.54, 1.807) is 47.4 Å². The highest BCUT2D eigenvalue weighted by Crippen LogP contribution is 2.38. The standard InChI is InChI=1S/C28H21Cl2N3O3S/c1-2-35-25-14-17(11-12-24(25)36-15-20-21(29)9-6-10-22(20)30)13-19-26(31)33-23(18-7-4-3-5-8-18)16-37-28(33)32-27(19)34/h3-14,16,31H,2,15H2,1H3/b19-13-,31-26?. The van der Waals surface area contributed by atoms with Crippen LogP contribution in [0.5, 0.6) is 11.5 Å². The third kappa shape index (κ3) is 5.16. The minimum atomic E-state index is -0.460. The number of fused-ring (bicyclic) bond motifs is 1. The Kier molecular flexibility index (Phi) is 7.37. The molecule has 1 N–H and O–H groups in total. The molecule has 0 saturated carbocycles. The minimum absolute atomic E-state index is 0.0711. The maximum absolute atomic E-state index is 12.9. The highest BCUT2D eigenvalue weighted by Gasteiger charge is 2.36. The number of rotatable bonds is 7. The van der Waals surface area contributed by atoms with Gasteiger partial charge in [-0.2, -0.15) is 4.99 Å². The largest absolute Gasteiger partial charge is 0.490 e. The van der Waals surface area contributed by atoms with E-state index in [2.05, 4.69) is 4.99 Å². The third-order valence-electron chi connectivity index (χ3n) is 5.70. The number of carbonyl (C=O) groups is 1. The number of hydrogen-bond acceptors (Lipinski definition) is 5. The second-order valence-corrected chi connectivity index (χ2v) is 9.71. The summed E-state index contributed by atoms with van der Waals surface area (Å²) in [7, 11) is 0. The van der Waals surface area contributed by atoms with E-state index in [1.165, 1.54) is 11.8 Å². The molecular formula is C28H21Cl2N3O3S. The van der Waals surface area contributed by atoms with Crippen molar-refractivity contribution in [1.29, 1.82) is 5.41 Å². The quantitative estimate of drug-likeness (QED) is 0.313. The number of amidine groups is 2. The summed E-state index contributed by atoms with van der Waals surface area (Å²) in [6.07, 6.45) is 1.65.